The molecule has 0 saturated heterocycles. The highest BCUT2D eigenvalue weighted by molar-refractivity contribution is 5.43. The molecule has 0 aromatic carbocycles. The van der Waals surface area contributed by atoms with E-state index in [-0.39, 0.29) is 0 Å². The normalized spacial score (nSPS) is 18.8. The van der Waals surface area contributed by atoms with Gasteiger partial charge in [0, 0.05) is 18.4 Å². The van der Waals surface area contributed by atoms with E-state index in [0.717, 1.165) is 0 Å². The topological polar surface area (TPSA) is 24.9 Å². The van der Waals surface area contributed by atoms with Gasteiger partial charge >= 0.3 is 0 Å². The van der Waals surface area contributed by atoms with Crippen LogP contribution in [0.5, 0.6) is 0 Å². The van der Waals surface area contributed by atoms with Crippen LogP contribution >= 0.6 is 0 Å². The van der Waals surface area contributed by atoms with Crippen molar-refractivity contribution in [1.29, 1.82) is 0 Å². The van der Waals surface area contributed by atoms with Crippen LogP contribution in [0.1, 0.15) is 50.5 Å². The Bertz CT molecular complexity index is 314. The Balaban J connectivity index is 1.91. The molecule has 1 aliphatic rings. The lowest BCUT2D eigenvalue weighted by molar-refractivity contribution is 0.471. The minimum atomic E-state index is 0.656. The Morgan fingerprint density at radius 3 is 2.44 bits per heavy atom. The Kier molecular flexibility index (Phi) is 4.20. The van der Waals surface area contributed by atoms with Crippen molar-refractivity contribution in [3.63, 3.8) is 0 Å². The second kappa shape index (κ2) is 5.88. The van der Waals surface area contributed by atoms with Gasteiger partial charge in [-0.05, 0) is 31.4 Å². The van der Waals surface area contributed by atoms with E-state index in [4.69, 9.17) is 0 Å². The molecule has 2 heteroatoms. The molecule has 2 rings (SSSR count). The van der Waals surface area contributed by atoms with Crippen LogP contribution in [0.15, 0.2) is 18.5 Å². The molecule has 88 valence electrons. The quantitative estimate of drug-likeness (QED) is 0.814. The number of hydrogen-bond donors (Lipinski definition) is 1. The van der Waals surface area contributed by atoms with E-state index in [0.29, 0.717) is 6.04 Å². The molecule has 0 unspecified atom stereocenters. The van der Waals surface area contributed by atoms with Crippen LogP contribution < -0.4 is 5.32 Å². The summed E-state index contributed by atoms with van der Waals surface area (Å²) in [4.78, 5) is 4.23. The molecular formula is C14H22N2. The largest absolute Gasteiger partial charge is 0.381 e. The van der Waals surface area contributed by atoms with Gasteiger partial charge in [-0.15, -0.1) is 0 Å². The van der Waals surface area contributed by atoms with Crippen LogP contribution in [0.4, 0.5) is 5.69 Å². The molecule has 1 saturated carbocycles. The molecule has 0 atom stereocenters. The molecule has 1 fully saturated rings. The van der Waals surface area contributed by atoms with E-state index in [1.165, 1.54) is 56.2 Å². The van der Waals surface area contributed by atoms with Crippen LogP contribution in [0, 0.1) is 6.92 Å². The summed E-state index contributed by atoms with van der Waals surface area (Å²) >= 11 is 0. The average Bonchev–Trinajstić information content (AvgIpc) is 2.22. The minimum absolute atomic E-state index is 0.656. The average molecular weight is 218 g/mol. The van der Waals surface area contributed by atoms with Gasteiger partial charge in [-0.2, -0.15) is 0 Å². The molecule has 0 aliphatic heterocycles. The first-order chi connectivity index (χ1) is 7.84. The lowest BCUT2D eigenvalue weighted by Crippen LogP contribution is -2.20. The Morgan fingerprint density at radius 1 is 1.06 bits per heavy atom. The number of pyridine rings is 1. The fourth-order valence-corrected chi connectivity index (χ4v) is 2.47. The van der Waals surface area contributed by atoms with Crippen molar-refractivity contribution in [2.75, 3.05) is 5.32 Å². The maximum atomic E-state index is 4.23. The van der Waals surface area contributed by atoms with E-state index >= 15 is 0 Å². The van der Waals surface area contributed by atoms with Crippen LogP contribution in [-0.2, 0) is 0 Å². The van der Waals surface area contributed by atoms with Gasteiger partial charge < -0.3 is 5.32 Å². The van der Waals surface area contributed by atoms with Crippen molar-refractivity contribution < 1.29 is 0 Å². The molecule has 1 heterocycles. The highest BCUT2D eigenvalue weighted by Gasteiger charge is 2.10. The van der Waals surface area contributed by atoms with Gasteiger partial charge in [0.05, 0.1) is 5.69 Å². The zero-order chi connectivity index (χ0) is 11.2. The summed E-state index contributed by atoms with van der Waals surface area (Å²) < 4.78 is 0. The first-order valence-corrected chi connectivity index (χ1v) is 6.53. The number of anilines is 1. The summed E-state index contributed by atoms with van der Waals surface area (Å²) in [5.41, 5.74) is 2.42. The van der Waals surface area contributed by atoms with Crippen molar-refractivity contribution in [2.24, 2.45) is 0 Å². The first kappa shape index (κ1) is 11.4. The zero-order valence-electron chi connectivity index (χ0n) is 10.2. The van der Waals surface area contributed by atoms with Gasteiger partial charge in [-0.3, -0.25) is 4.98 Å². The fraction of sp³-hybridized carbons (Fsp3) is 0.643. The highest BCUT2D eigenvalue weighted by atomic mass is 14.9. The predicted molar refractivity (Wildman–Crippen MR) is 68.7 cm³/mol. The lowest BCUT2D eigenvalue weighted by atomic mass is 9.96. The summed E-state index contributed by atoms with van der Waals surface area (Å²) in [5.74, 6) is 0. The number of nitrogens with zero attached hydrogens (tertiary/aromatic N) is 1. The molecule has 0 spiro atoms. The Morgan fingerprint density at radius 2 is 1.75 bits per heavy atom. The Hall–Kier alpha value is -1.05. The second-order valence-electron chi connectivity index (χ2n) is 4.94. The molecule has 0 amide bonds. The standard InChI is InChI=1S/C14H22N2/c1-12-9-14(11-15-10-12)16-13-7-5-3-2-4-6-8-13/h9-11,13,16H,2-8H2,1H3. The molecule has 16 heavy (non-hydrogen) atoms. The number of aromatic nitrogens is 1. The van der Waals surface area contributed by atoms with Gasteiger partial charge in [0.2, 0.25) is 0 Å². The third kappa shape index (κ3) is 3.51. The number of aryl methyl sites for hydroxylation is 1. The highest BCUT2D eigenvalue weighted by Crippen LogP contribution is 2.20. The van der Waals surface area contributed by atoms with Gasteiger partial charge in [0.1, 0.15) is 0 Å². The number of rotatable bonds is 2. The van der Waals surface area contributed by atoms with Crippen molar-refractivity contribution in [1.82, 2.24) is 4.98 Å². The van der Waals surface area contributed by atoms with E-state index in [1.54, 1.807) is 0 Å². The summed E-state index contributed by atoms with van der Waals surface area (Å²) in [6.45, 7) is 2.09. The van der Waals surface area contributed by atoms with Crippen molar-refractivity contribution >= 4 is 5.69 Å². The van der Waals surface area contributed by atoms with E-state index in [1.807, 2.05) is 12.4 Å². The Labute approximate surface area is 98.5 Å². The van der Waals surface area contributed by atoms with Gasteiger partial charge in [-0.25, -0.2) is 0 Å². The maximum absolute atomic E-state index is 4.23. The van der Waals surface area contributed by atoms with Gasteiger partial charge in [0.15, 0.2) is 0 Å². The van der Waals surface area contributed by atoms with E-state index in [2.05, 4.69) is 23.3 Å². The third-order valence-corrected chi connectivity index (χ3v) is 3.35. The third-order valence-electron chi connectivity index (χ3n) is 3.35. The van der Waals surface area contributed by atoms with Crippen molar-refractivity contribution in [3.8, 4) is 0 Å². The molecule has 2 nitrogen and oxygen atoms in total. The van der Waals surface area contributed by atoms with Crippen LogP contribution in [0.25, 0.3) is 0 Å². The van der Waals surface area contributed by atoms with E-state index in [9.17, 15) is 0 Å². The number of hydrogen-bond acceptors (Lipinski definition) is 2. The second-order valence-corrected chi connectivity index (χ2v) is 4.94. The first-order valence-electron chi connectivity index (χ1n) is 6.53. The van der Waals surface area contributed by atoms with Crippen molar-refractivity contribution in [3.05, 3.63) is 24.0 Å². The van der Waals surface area contributed by atoms with Crippen LogP contribution in [-0.4, -0.2) is 11.0 Å². The minimum Gasteiger partial charge on any atom is -0.381 e. The summed E-state index contributed by atoms with van der Waals surface area (Å²) in [6.07, 6.45) is 13.5. The molecule has 1 aliphatic carbocycles. The van der Waals surface area contributed by atoms with Gasteiger partial charge in [0.25, 0.3) is 0 Å². The molecule has 1 N–H and O–H groups in total. The molecular weight excluding hydrogens is 196 g/mol. The molecule has 1 aromatic heterocycles. The molecule has 0 bridgehead atoms. The summed E-state index contributed by atoms with van der Waals surface area (Å²) in [6, 6.07) is 2.84. The number of nitrogens with one attached hydrogen (secondary N) is 1. The molecule has 1 aromatic rings. The van der Waals surface area contributed by atoms with Crippen LogP contribution in [0.2, 0.25) is 0 Å². The zero-order valence-corrected chi connectivity index (χ0v) is 10.2. The lowest BCUT2D eigenvalue weighted by Gasteiger charge is -2.22. The SMILES string of the molecule is Cc1cncc(NC2CCCCCCC2)c1. The smallest absolute Gasteiger partial charge is 0.0531 e. The van der Waals surface area contributed by atoms with Gasteiger partial charge in [-0.1, -0.05) is 32.1 Å². The fourth-order valence-electron chi connectivity index (χ4n) is 2.47. The van der Waals surface area contributed by atoms with E-state index < -0.39 is 0 Å². The maximum Gasteiger partial charge on any atom is 0.0531 e. The van der Waals surface area contributed by atoms with Crippen molar-refractivity contribution in [2.45, 2.75) is 57.9 Å². The predicted octanol–water partition coefficient (Wildman–Crippen LogP) is 3.91. The van der Waals surface area contributed by atoms with Crippen LogP contribution in [0.3, 0.4) is 0 Å². The summed E-state index contributed by atoms with van der Waals surface area (Å²) in [7, 11) is 0. The monoisotopic (exact) mass is 218 g/mol. The molecule has 0 radical (unpaired) electrons. The summed E-state index contributed by atoms with van der Waals surface area (Å²) in [5, 5.41) is 3.63.